The number of carbonyl (C=O) groups excluding carboxylic acids is 1. The Kier molecular flexibility index (Phi) is 8.37. The number of carbonyl (C=O) groups is 1. The summed E-state index contributed by atoms with van der Waals surface area (Å²) in [5, 5.41) is 6.56. The van der Waals surface area contributed by atoms with E-state index in [4.69, 9.17) is 4.74 Å². The number of hydrogen-bond donors (Lipinski definition) is 2. The number of nitrogens with zero attached hydrogens (tertiary/aromatic N) is 3. The first-order valence-corrected chi connectivity index (χ1v) is 12.1. The molecule has 1 aromatic heterocycles. The molecule has 0 aliphatic carbocycles. The van der Waals surface area contributed by atoms with Crippen LogP contribution in [0.3, 0.4) is 0 Å². The van der Waals surface area contributed by atoms with Crippen LogP contribution in [0, 0.1) is 0 Å². The van der Waals surface area contributed by atoms with Gasteiger partial charge in [-0.3, -0.25) is 9.69 Å². The molecule has 1 saturated heterocycles. The van der Waals surface area contributed by atoms with Crippen LogP contribution in [0.15, 0.2) is 65.4 Å². The van der Waals surface area contributed by atoms with E-state index in [9.17, 15) is 13.6 Å². The first kappa shape index (κ1) is 25.2. The molecule has 1 aliphatic heterocycles. The number of anilines is 3. The Bertz CT molecular complexity index is 1200. The Hall–Kier alpha value is -2.95. The highest BCUT2D eigenvalue weighted by Crippen LogP contribution is 2.27. The average Bonchev–Trinajstić information content (AvgIpc) is 2.84. The van der Waals surface area contributed by atoms with Crippen molar-refractivity contribution in [1.82, 2.24) is 14.9 Å². The van der Waals surface area contributed by atoms with Crippen molar-refractivity contribution in [3.8, 4) is 0 Å². The maximum atomic E-state index is 14.2. The van der Waals surface area contributed by atoms with Crippen LogP contribution in [0.4, 0.5) is 26.0 Å². The van der Waals surface area contributed by atoms with Crippen LogP contribution in [0.25, 0.3) is 10.9 Å². The number of nitrogens with one attached hydrogen (secondary N) is 2. The number of ether oxygens (including phenoxy) is 1. The molecule has 0 unspecified atom stereocenters. The molecule has 2 aromatic carbocycles. The molecule has 10 heteroatoms. The summed E-state index contributed by atoms with van der Waals surface area (Å²) in [6.07, 6.45) is 3.04. The third-order valence-corrected chi connectivity index (χ3v) is 6.05. The number of fused-ring (bicyclic) bond motifs is 1. The summed E-state index contributed by atoms with van der Waals surface area (Å²) in [4.78, 5) is 23.0. The van der Waals surface area contributed by atoms with Crippen molar-refractivity contribution in [2.24, 2.45) is 0 Å². The van der Waals surface area contributed by atoms with Crippen LogP contribution < -0.4 is 10.6 Å². The number of amides is 1. The Morgan fingerprint density at radius 1 is 1.14 bits per heavy atom. The Morgan fingerprint density at radius 2 is 1.97 bits per heavy atom. The quantitative estimate of drug-likeness (QED) is 0.351. The van der Waals surface area contributed by atoms with Gasteiger partial charge in [-0.25, -0.2) is 18.7 Å². The van der Waals surface area contributed by atoms with E-state index in [1.807, 2.05) is 24.3 Å². The molecule has 35 heavy (non-hydrogen) atoms. The van der Waals surface area contributed by atoms with E-state index in [0.717, 1.165) is 29.3 Å². The van der Waals surface area contributed by atoms with Gasteiger partial charge in [0.1, 0.15) is 12.1 Å². The van der Waals surface area contributed by atoms with Gasteiger partial charge in [-0.15, -0.1) is 0 Å². The average molecular weight is 546 g/mol. The van der Waals surface area contributed by atoms with Gasteiger partial charge in [-0.05, 0) is 55.4 Å². The zero-order chi connectivity index (χ0) is 24.7. The zero-order valence-electron chi connectivity index (χ0n) is 19.0. The molecule has 0 atom stereocenters. The van der Waals surface area contributed by atoms with Gasteiger partial charge in [-0.1, -0.05) is 22.0 Å². The molecule has 2 heterocycles. The molecule has 0 saturated carbocycles. The van der Waals surface area contributed by atoms with Crippen LogP contribution in [0.5, 0.6) is 0 Å². The minimum absolute atomic E-state index is 0.313. The van der Waals surface area contributed by atoms with Gasteiger partial charge in [0.2, 0.25) is 5.91 Å². The summed E-state index contributed by atoms with van der Waals surface area (Å²) in [5.41, 5.74) is 1.96. The molecule has 2 N–H and O–H groups in total. The normalized spacial score (nSPS) is 14.9. The number of benzene rings is 2. The number of rotatable bonds is 9. The van der Waals surface area contributed by atoms with E-state index in [2.05, 4.69) is 41.4 Å². The number of allylic oxidation sites excluding steroid dienone is 1. The molecule has 1 aliphatic rings. The topological polar surface area (TPSA) is 79.4 Å². The minimum Gasteiger partial charge on any atom is -0.379 e. The summed E-state index contributed by atoms with van der Waals surface area (Å²) in [7, 11) is 0. The molecule has 0 spiro atoms. The molecule has 1 fully saturated rings. The monoisotopic (exact) mass is 545 g/mol. The van der Waals surface area contributed by atoms with Gasteiger partial charge in [-0.2, -0.15) is 0 Å². The Morgan fingerprint density at radius 3 is 2.77 bits per heavy atom. The third kappa shape index (κ3) is 7.51. The number of halogens is 3. The van der Waals surface area contributed by atoms with Crippen LogP contribution in [0.1, 0.15) is 12.8 Å². The highest BCUT2D eigenvalue weighted by Gasteiger charge is 2.25. The fourth-order valence-electron chi connectivity index (χ4n) is 3.76. The highest BCUT2D eigenvalue weighted by atomic mass is 79.9. The van der Waals surface area contributed by atoms with Gasteiger partial charge >= 0.3 is 0 Å². The molecular formula is C25H26BrF2N5O2. The van der Waals surface area contributed by atoms with Gasteiger partial charge in [0, 0.05) is 46.8 Å². The summed E-state index contributed by atoms with van der Waals surface area (Å²) < 4.78 is 34.7. The van der Waals surface area contributed by atoms with Crippen LogP contribution in [-0.2, 0) is 9.53 Å². The van der Waals surface area contributed by atoms with Crippen LogP contribution >= 0.6 is 15.9 Å². The van der Waals surface area contributed by atoms with Crippen molar-refractivity contribution in [2.45, 2.75) is 18.8 Å². The lowest BCUT2D eigenvalue weighted by atomic mass is 10.1. The van der Waals surface area contributed by atoms with Gasteiger partial charge in [0.15, 0.2) is 0 Å². The zero-order valence-corrected chi connectivity index (χ0v) is 20.6. The van der Waals surface area contributed by atoms with Crippen molar-refractivity contribution < 1.29 is 18.3 Å². The molecule has 0 radical (unpaired) electrons. The second-order valence-electron chi connectivity index (χ2n) is 8.23. The first-order valence-electron chi connectivity index (χ1n) is 11.3. The predicted molar refractivity (Wildman–Crippen MR) is 136 cm³/mol. The van der Waals surface area contributed by atoms with Gasteiger partial charge < -0.3 is 15.4 Å². The van der Waals surface area contributed by atoms with Gasteiger partial charge in [0.25, 0.3) is 5.92 Å². The largest absolute Gasteiger partial charge is 0.379 e. The second-order valence-corrected chi connectivity index (χ2v) is 9.15. The molecular weight excluding hydrogens is 520 g/mol. The predicted octanol–water partition coefficient (Wildman–Crippen LogP) is 5.38. The minimum atomic E-state index is -3.05. The standard InChI is InChI=1S/C25H26BrF2N5O2/c26-18-3-1-4-19(15-18)32-24-21-16-20(5-6-22(21)29-17-30-24)31-23(34)7-9-25(27,28)8-2-10-33-11-13-35-14-12-33/h1,3-7,9,15-17H,2,8,10-14H2,(H,31,34)(H,29,30,32). The molecule has 0 bridgehead atoms. The van der Waals surface area contributed by atoms with Crippen LogP contribution in [0.2, 0.25) is 0 Å². The number of alkyl halides is 2. The van der Waals surface area contributed by atoms with Crippen LogP contribution in [-0.4, -0.2) is 59.5 Å². The number of aromatic nitrogens is 2. The molecule has 1 amide bonds. The molecule has 3 aromatic rings. The fraction of sp³-hybridized carbons (Fsp3) is 0.320. The summed E-state index contributed by atoms with van der Waals surface area (Å²) in [6, 6.07) is 12.7. The fourth-order valence-corrected chi connectivity index (χ4v) is 4.16. The lowest BCUT2D eigenvalue weighted by Crippen LogP contribution is -2.37. The summed E-state index contributed by atoms with van der Waals surface area (Å²) in [6.45, 7) is 3.40. The third-order valence-electron chi connectivity index (χ3n) is 5.56. The maximum Gasteiger partial charge on any atom is 0.267 e. The highest BCUT2D eigenvalue weighted by molar-refractivity contribution is 9.10. The summed E-state index contributed by atoms with van der Waals surface area (Å²) in [5.74, 6) is -3.12. The van der Waals surface area contributed by atoms with E-state index in [1.165, 1.54) is 6.33 Å². The van der Waals surface area contributed by atoms with Gasteiger partial charge in [0.05, 0.1) is 18.7 Å². The van der Waals surface area contributed by atoms with Crippen molar-refractivity contribution in [3.05, 3.63) is 65.4 Å². The van der Waals surface area contributed by atoms with Crippen molar-refractivity contribution in [3.63, 3.8) is 0 Å². The van der Waals surface area contributed by atoms with E-state index < -0.39 is 11.8 Å². The number of morpholine rings is 1. The maximum absolute atomic E-state index is 14.2. The second kappa shape index (κ2) is 11.7. The van der Waals surface area contributed by atoms with E-state index in [-0.39, 0.29) is 6.42 Å². The smallest absolute Gasteiger partial charge is 0.267 e. The lowest BCUT2D eigenvalue weighted by molar-refractivity contribution is -0.112. The summed E-state index contributed by atoms with van der Waals surface area (Å²) >= 11 is 3.44. The van der Waals surface area contributed by atoms with E-state index in [0.29, 0.717) is 54.7 Å². The van der Waals surface area contributed by atoms with E-state index >= 15 is 0 Å². The Balaban J connectivity index is 1.37. The number of hydrogen-bond acceptors (Lipinski definition) is 6. The van der Waals surface area contributed by atoms with Crippen molar-refractivity contribution in [1.29, 1.82) is 0 Å². The SMILES string of the molecule is O=C(C=CC(F)(F)CCCN1CCOCC1)Nc1ccc2ncnc(Nc3cccc(Br)c3)c2c1. The van der Waals surface area contributed by atoms with Crippen molar-refractivity contribution in [2.75, 3.05) is 43.5 Å². The lowest BCUT2D eigenvalue weighted by Gasteiger charge is -2.26. The Labute approximate surface area is 210 Å². The van der Waals surface area contributed by atoms with Crippen molar-refractivity contribution >= 4 is 49.9 Å². The molecule has 4 rings (SSSR count). The molecule has 184 valence electrons. The molecule has 7 nitrogen and oxygen atoms in total. The first-order chi connectivity index (χ1) is 16.9. The van der Waals surface area contributed by atoms with E-state index in [1.54, 1.807) is 18.2 Å².